The standard InChI is InChI=1S/C47H49N5O7/c1-30-41(45(55)49(3)37-12-14-39(53)15-13-37)27-42(48(30)2)34-11-16-40-33(25-34)17-18-51(43(54)24-31-7-6-10-35(23-31)47(57)58)44(40)46(56)52-28-36-9-5-4-8-32(36)26-38(52)29-50-19-21-59-22-20-50/h4-16,23,25,27,38,44,53H,17-22,24,26,28-29H2,1-3H3,(H,57,58)/t38-,44?/m0/s1. The highest BCUT2D eigenvalue weighted by Crippen LogP contribution is 2.38. The maximum absolute atomic E-state index is 15.4. The second-order valence-electron chi connectivity index (χ2n) is 15.8. The number of rotatable bonds is 9. The Hall–Kier alpha value is -6.24. The molecule has 1 saturated heterocycles. The Labute approximate surface area is 343 Å². The van der Waals surface area contributed by atoms with Crippen LogP contribution in [0, 0.1) is 6.92 Å². The van der Waals surface area contributed by atoms with E-state index < -0.39 is 12.0 Å². The van der Waals surface area contributed by atoms with Crippen LogP contribution in [0.3, 0.4) is 0 Å². The van der Waals surface area contributed by atoms with Crippen LogP contribution in [0.15, 0.2) is 97.1 Å². The summed E-state index contributed by atoms with van der Waals surface area (Å²) >= 11 is 0. The fraction of sp³-hybridized carbons (Fsp3) is 0.319. The number of phenolic OH excluding ortho intramolecular Hbond substituents is 1. The molecule has 4 heterocycles. The Morgan fingerprint density at radius 2 is 1.58 bits per heavy atom. The van der Waals surface area contributed by atoms with Gasteiger partial charge in [0.15, 0.2) is 0 Å². The molecule has 12 nitrogen and oxygen atoms in total. The minimum absolute atomic E-state index is 0.0453. The smallest absolute Gasteiger partial charge is 0.335 e. The quantitative estimate of drug-likeness (QED) is 0.196. The lowest BCUT2D eigenvalue weighted by atomic mass is 9.87. The molecule has 12 heteroatoms. The summed E-state index contributed by atoms with van der Waals surface area (Å²) in [6.45, 7) is 6.19. The molecule has 59 heavy (non-hydrogen) atoms. The van der Waals surface area contributed by atoms with E-state index in [-0.39, 0.29) is 41.5 Å². The molecular formula is C47H49N5O7. The van der Waals surface area contributed by atoms with E-state index in [2.05, 4.69) is 23.1 Å². The topological polar surface area (TPSA) is 136 Å². The first-order chi connectivity index (χ1) is 28.5. The number of morpholine rings is 1. The van der Waals surface area contributed by atoms with Gasteiger partial charge in [-0.25, -0.2) is 4.79 Å². The van der Waals surface area contributed by atoms with Crippen molar-refractivity contribution in [1.29, 1.82) is 0 Å². The number of hydrogen-bond donors (Lipinski definition) is 2. The number of carbonyl (C=O) groups excluding carboxylic acids is 3. The highest BCUT2D eigenvalue weighted by Gasteiger charge is 2.42. The molecule has 2 atom stereocenters. The van der Waals surface area contributed by atoms with Gasteiger partial charge in [0.2, 0.25) is 5.91 Å². The van der Waals surface area contributed by atoms with E-state index in [9.17, 15) is 24.6 Å². The summed E-state index contributed by atoms with van der Waals surface area (Å²) in [6.07, 6.45) is 1.16. The number of benzene rings is 4. The molecule has 0 radical (unpaired) electrons. The van der Waals surface area contributed by atoms with Crippen molar-refractivity contribution >= 4 is 29.4 Å². The molecule has 1 fully saturated rings. The van der Waals surface area contributed by atoms with Gasteiger partial charge in [0.05, 0.1) is 30.8 Å². The number of anilines is 1. The maximum atomic E-state index is 15.4. The second kappa shape index (κ2) is 16.6. The van der Waals surface area contributed by atoms with E-state index in [1.807, 2.05) is 53.8 Å². The predicted molar refractivity (Wildman–Crippen MR) is 223 cm³/mol. The molecule has 0 spiro atoms. The maximum Gasteiger partial charge on any atom is 0.335 e. The molecule has 3 aliphatic heterocycles. The molecule has 5 aromatic rings. The fourth-order valence-electron chi connectivity index (χ4n) is 8.83. The van der Waals surface area contributed by atoms with E-state index in [1.165, 1.54) is 17.7 Å². The van der Waals surface area contributed by atoms with Crippen molar-refractivity contribution in [2.45, 2.75) is 44.8 Å². The summed E-state index contributed by atoms with van der Waals surface area (Å²) in [5.41, 5.74) is 8.41. The molecule has 1 aromatic heterocycles. The molecule has 3 amide bonds. The van der Waals surface area contributed by atoms with Crippen molar-refractivity contribution in [2.24, 2.45) is 7.05 Å². The summed E-state index contributed by atoms with van der Waals surface area (Å²) in [5, 5.41) is 19.4. The number of nitrogens with zero attached hydrogens (tertiary/aromatic N) is 5. The highest BCUT2D eigenvalue weighted by atomic mass is 16.5. The average Bonchev–Trinajstić information content (AvgIpc) is 3.55. The van der Waals surface area contributed by atoms with Crippen molar-refractivity contribution in [2.75, 3.05) is 51.3 Å². The third-order valence-electron chi connectivity index (χ3n) is 12.3. The zero-order chi connectivity index (χ0) is 41.4. The lowest BCUT2D eigenvalue weighted by Gasteiger charge is -2.45. The van der Waals surface area contributed by atoms with Gasteiger partial charge < -0.3 is 34.2 Å². The lowest BCUT2D eigenvalue weighted by molar-refractivity contribution is -0.149. The molecule has 0 aliphatic carbocycles. The van der Waals surface area contributed by atoms with Crippen LogP contribution in [0.2, 0.25) is 0 Å². The number of hydrogen-bond acceptors (Lipinski definition) is 7. The number of phenols is 1. The summed E-state index contributed by atoms with van der Waals surface area (Å²) in [6, 6.07) is 28.0. The largest absolute Gasteiger partial charge is 0.508 e. The van der Waals surface area contributed by atoms with E-state index in [4.69, 9.17) is 4.74 Å². The van der Waals surface area contributed by atoms with Gasteiger partial charge in [0.1, 0.15) is 11.8 Å². The predicted octanol–water partition coefficient (Wildman–Crippen LogP) is 5.64. The van der Waals surface area contributed by atoms with E-state index >= 15 is 4.79 Å². The van der Waals surface area contributed by atoms with Crippen LogP contribution in [-0.2, 0) is 47.2 Å². The Morgan fingerprint density at radius 3 is 2.32 bits per heavy atom. The number of aromatic hydroxyl groups is 1. The number of aromatic carboxylic acids is 1. The van der Waals surface area contributed by atoms with Gasteiger partial charge in [0.25, 0.3) is 11.8 Å². The van der Waals surface area contributed by atoms with Gasteiger partial charge in [-0.1, -0.05) is 48.5 Å². The van der Waals surface area contributed by atoms with Gasteiger partial charge in [-0.2, -0.15) is 0 Å². The zero-order valence-corrected chi connectivity index (χ0v) is 33.6. The number of carboxylic acids is 1. The minimum Gasteiger partial charge on any atom is -0.508 e. The van der Waals surface area contributed by atoms with Gasteiger partial charge in [-0.3, -0.25) is 19.3 Å². The number of carbonyl (C=O) groups is 4. The lowest BCUT2D eigenvalue weighted by Crippen LogP contribution is -2.56. The number of carboxylic acid groups (broad SMARTS) is 1. The minimum atomic E-state index is -1.07. The van der Waals surface area contributed by atoms with Crippen molar-refractivity contribution in [3.63, 3.8) is 0 Å². The highest BCUT2D eigenvalue weighted by molar-refractivity contribution is 6.07. The van der Waals surface area contributed by atoms with Crippen LogP contribution in [-0.4, -0.2) is 106 Å². The van der Waals surface area contributed by atoms with E-state index in [0.29, 0.717) is 62.5 Å². The number of aromatic nitrogens is 1. The van der Waals surface area contributed by atoms with Gasteiger partial charge >= 0.3 is 5.97 Å². The first-order valence-corrected chi connectivity index (χ1v) is 20.1. The number of fused-ring (bicyclic) bond motifs is 2. The van der Waals surface area contributed by atoms with E-state index in [1.54, 1.807) is 53.2 Å². The SMILES string of the molecule is Cc1c(C(=O)N(C)c2ccc(O)cc2)cc(-c2ccc3c(c2)CCN(C(=O)Cc2cccc(C(=O)O)c2)C3C(=O)N2Cc3ccccc3C[C@H]2CN2CCOCC2)n1C. The van der Waals surface area contributed by atoms with Crippen LogP contribution in [0.4, 0.5) is 5.69 Å². The van der Waals surface area contributed by atoms with Crippen LogP contribution < -0.4 is 4.90 Å². The van der Waals surface area contributed by atoms with Gasteiger partial charge in [-0.15, -0.1) is 0 Å². The molecule has 0 saturated carbocycles. The first kappa shape index (κ1) is 39.6. The van der Waals surface area contributed by atoms with Crippen LogP contribution in [0.25, 0.3) is 11.3 Å². The van der Waals surface area contributed by atoms with Gasteiger partial charge in [0, 0.05) is 69.9 Å². The van der Waals surface area contributed by atoms with Crippen LogP contribution in [0.5, 0.6) is 5.75 Å². The van der Waals surface area contributed by atoms with Gasteiger partial charge in [-0.05, 0) is 102 Å². The first-order valence-electron chi connectivity index (χ1n) is 20.1. The van der Waals surface area contributed by atoms with Crippen molar-refractivity contribution in [3.8, 4) is 17.0 Å². The fourth-order valence-corrected chi connectivity index (χ4v) is 8.83. The second-order valence-corrected chi connectivity index (χ2v) is 15.8. The average molecular weight is 796 g/mol. The van der Waals surface area contributed by atoms with Crippen molar-refractivity contribution in [3.05, 3.63) is 142 Å². The molecule has 2 N–H and O–H groups in total. The number of ether oxygens (including phenoxy) is 1. The number of amides is 3. The molecule has 0 bridgehead atoms. The summed E-state index contributed by atoms with van der Waals surface area (Å²) in [5.74, 6) is -1.52. The van der Waals surface area contributed by atoms with Crippen molar-refractivity contribution < 1.29 is 34.1 Å². The Kier molecular flexibility index (Phi) is 11.1. The summed E-state index contributed by atoms with van der Waals surface area (Å²) in [4.78, 5) is 62.9. The molecular weight excluding hydrogens is 747 g/mol. The third kappa shape index (κ3) is 7.98. The molecule has 8 rings (SSSR count). The van der Waals surface area contributed by atoms with E-state index in [0.717, 1.165) is 46.7 Å². The van der Waals surface area contributed by atoms with Crippen molar-refractivity contribution in [1.82, 2.24) is 19.3 Å². The summed E-state index contributed by atoms with van der Waals surface area (Å²) in [7, 11) is 3.63. The monoisotopic (exact) mass is 795 g/mol. The Bertz CT molecular complexity index is 2420. The third-order valence-corrected chi connectivity index (χ3v) is 12.3. The molecule has 1 unspecified atom stereocenters. The Morgan fingerprint density at radius 1 is 0.831 bits per heavy atom. The Balaban J connectivity index is 1.15. The van der Waals surface area contributed by atoms with Crippen LogP contribution >= 0.6 is 0 Å². The normalized spacial score (nSPS) is 17.9. The molecule has 3 aliphatic rings. The summed E-state index contributed by atoms with van der Waals surface area (Å²) < 4.78 is 7.63. The van der Waals surface area contributed by atoms with Crippen LogP contribution in [0.1, 0.15) is 60.3 Å². The molecule has 304 valence electrons. The zero-order valence-electron chi connectivity index (χ0n) is 33.6. The molecule has 4 aromatic carbocycles.